The number of halogens is 1. The Morgan fingerprint density at radius 1 is 1.67 bits per heavy atom. The molecule has 0 fully saturated rings. The molecule has 0 aliphatic rings. The first kappa shape index (κ1) is 11.4. The third-order valence-electron chi connectivity index (χ3n) is 1.87. The van der Waals surface area contributed by atoms with Crippen LogP contribution in [0.15, 0.2) is 18.3 Å². The summed E-state index contributed by atoms with van der Waals surface area (Å²) in [5.41, 5.74) is 1.04. The van der Waals surface area contributed by atoms with E-state index < -0.39 is 11.9 Å². The molecule has 4 heteroatoms. The normalized spacial score (nSPS) is 10.6. The SMILES string of the molecule is CCOC(=O)C=Cc1ccnc(F)c1C. The molecular formula is C11H12FNO2. The first-order valence-electron chi connectivity index (χ1n) is 4.61. The van der Waals surface area contributed by atoms with Crippen LogP contribution in [0.1, 0.15) is 18.1 Å². The highest BCUT2D eigenvalue weighted by molar-refractivity contribution is 5.87. The van der Waals surface area contributed by atoms with Crippen LogP contribution >= 0.6 is 0 Å². The van der Waals surface area contributed by atoms with Crippen LogP contribution < -0.4 is 0 Å². The first-order chi connectivity index (χ1) is 7.15. The highest BCUT2D eigenvalue weighted by Gasteiger charge is 2.02. The maximum Gasteiger partial charge on any atom is 0.330 e. The number of hydrogen-bond donors (Lipinski definition) is 0. The highest BCUT2D eigenvalue weighted by atomic mass is 19.1. The molecule has 3 nitrogen and oxygen atoms in total. The van der Waals surface area contributed by atoms with E-state index >= 15 is 0 Å². The van der Waals surface area contributed by atoms with Gasteiger partial charge in [-0.1, -0.05) is 0 Å². The maximum atomic E-state index is 13.0. The molecule has 0 bridgehead atoms. The van der Waals surface area contributed by atoms with Crippen LogP contribution in [0.25, 0.3) is 6.08 Å². The number of carbonyl (C=O) groups is 1. The fourth-order valence-electron chi connectivity index (χ4n) is 1.05. The summed E-state index contributed by atoms with van der Waals surface area (Å²) in [5.74, 6) is -0.963. The van der Waals surface area contributed by atoms with Crippen molar-refractivity contribution in [1.29, 1.82) is 0 Å². The number of rotatable bonds is 3. The molecule has 0 saturated carbocycles. The van der Waals surface area contributed by atoms with E-state index in [0.29, 0.717) is 17.7 Å². The molecule has 80 valence electrons. The minimum atomic E-state index is -0.527. The topological polar surface area (TPSA) is 39.2 Å². The van der Waals surface area contributed by atoms with E-state index in [0.717, 1.165) is 0 Å². The minimum absolute atomic E-state index is 0.326. The van der Waals surface area contributed by atoms with Crippen molar-refractivity contribution >= 4 is 12.0 Å². The second-order valence-electron chi connectivity index (χ2n) is 2.90. The van der Waals surface area contributed by atoms with Gasteiger partial charge in [-0.3, -0.25) is 0 Å². The van der Waals surface area contributed by atoms with Crippen molar-refractivity contribution in [2.45, 2.75) is 13.8 Å². The molecule has 0 aliphatic heterocycles. The lowest BCUT2D eigenvalue weighted by Crippen LogP contribution is -1.99. The predicted molar refractivity (Wildman–Crippen MR) is 54.6 cm³/mol. The summed E-state index contributed by atoms with van der Waals surface area (Å²) in [6.07, 6.45) is 4.14. The summed E-state index contributed by atoms with van der Waals surface area (Å²) in [4.78, 5) is 14.5. The summed E-state index contributed by atoms with van der Waals surface area (Å²) in [6.45, 7) is 3.66. The minimum Gasteiger partial charge on any atom is -0.463 e. The van der Waals surface area contributed by atoms with Gasteiger partial charge in [0.2, 0.25) is 5.95 Å². The van der Waals surface area contributed by atoms with Crippen LogP contribution in [0, 0.1) is 12.9 Å². The van der Waals surface area contributed by atoms with Gasteiger partial charge in [0, 0.05) is 17.8 Å². The lowest BCUT2D eigenvalue weighted by molar-refractivity contribution is -0.137. The first-order valence-corrected chi connectivity index (χ1v) is 4.61. The van der Waals surface area contributed by atoms with E-state index in [1.807, 2.05) is 0 Å². The summed E-state index contributed by atoms with van der Waals surface area (Å²) in [7, 11) is 0. The molecule has 0 N–H and O–H groups in total. The Kier molecular flexibility index (Phi) is 3.97. The molecule has 1 heterocycles. The number of aromatic nitrogens is 1. The largest absolute Gasteiger partial charge is 0.463 e. The van der Waals surface area contributed by atoms with Crippen LogP contribution in [0.2, 0.25) is 0 Å². The van der Waals surface area contributed by atoms with Crippen LogP contribution in [0.5, 0.6) is 0 Å². The van der Waals surface area contributed by atoms with Crippen molar-refractivity contribution in [2.75, 3.05) is 6.61 Å². The van der Waals surface area contributed by atoms with Crippen molar-refractivity contribution in [2.24, 2.45) is 0 Å². The van der Waals surface area contributed by atoms with Crippen molar-refractivity contribution in [3.05, 3.63) is 35.4 Å². The molecule has 0 aromatic carbocycles. The monoisotopic (exact) mass is 209 g/mol. The Labute approximate surface area is 87.6 Å². The number of nitrogens with zero attached hydrogens (tertiary/aromatic N) is 1. The van der Waals surface area contributed by atoms with Crippen LogP contribution in [-0.4, -0.2) is 17.6 Å². The molecule has 0 unspecified atom stereocenters. The zero-order valence-electron chi connectivity index (χ0n) is 8.66. The smallest absolute Gasteiger partial charge is 0.330 e. The third-order valence-corrected chi connectivity index (χ3v) is 1.87. The zero-order chi connectivity index (χ0) is 11.3. The number of hydrogen-bond acceptors (Lipinski definition) is 3. The summed E-state index contributed by atoms with van der Waals surface area (Å²) in [6, 6.07) is 1.63. The Bertz CT molecular complexity index is 388. The quantitative estimate of drug-likeness (QED) is 0.435. The number of pyridine rings is 1. The second-order valence-corrected chi connectivity index (χ2v) is 2.90. The Morgan fingerprint density at radius 2 is 2.40 bits per heavy atom. The summed E-state index contributed by atoms with van der Waals surface area (Å²) in [5, 5.41) is 0. The van der Waals surface area contributed by atoms with Gasteiger partial charge in [0.05, 0.1) is 6.61 Å². The average molecular weight is 209 g/mol. The highest BCUT2D eigenvalue weighted by Crippen LogP contribution is 2.11. The van der Waals surface area contributed by atoms with Gasteiger partial charge in [-0.05, 0) is 31.6 Å². The van der Waals surface area contributed by atoms with Gasteiger partial charge in [-0.25, -0.2) is 9.78 Å². The molecule has 0 atom stereocenters. The van der Waals surface area contributed by atoms with Crippen LogP contribution in [-0.2, 0) is 9.53 Å². The van der Waals surface area contributed by atoms with Crippen molar-refractivity contribution in [3.63, 3.8) is 0 Å². The fraction of sp³-hybridized carbons (Fsp3) is 0.273. The number of ether oxygens (including phenoxy) is 1. The van der Waals surface area contributed by atoms with Gasteiger partial charge < -0.3 is 4.74 Å². The molecule has 0 radical (unpaired) electrons. The summed E-state index contributed by atoms with van der Waals surface area (Å²) < 4.78 is 17.7. The standard InChI is InChI=1S/C11H12FNO2/c1-3-15-10(14)5-4-9-6-7-13-11(12)8(9)2/h4-7H,3H2,1-2H3. The fourth-order valence-corrected chi connectivity index (χ4v) is 1.05. The molecular weight excluding hydrogens is 197 g/mol. The third kappa shape index (κ3) is 3.16. The molecule has 0 aliphatic carbocycles. The van der Waals surface area contributed by atoms with Gasteiger partial charge in [0.15, 0.2) is 0 Å². The van der Waals surface area contributed by atoms with E-state index in [4.69, 9.17) is 4.74 Å². The van der Waals surface area contributed by atoms with E-state index in [2.05, 4.69) is 4.98 Å². The van der Waals surface area contributed by atoms with Gasteiger partial charge in [-0.15, -0.1) is 0 Å². The van der Waals surface area contributed by atoms with E-state index in [1.165, 1.54) is 18.3 Å². The zero-order valence-corrected chi connectivity index (χ0v) is 8.66. The Balaban J connectivity index is 2.81. The van der Waals surface area contributed by atoms with Crippen molar-refractivity contribution in [3.8, 4) is 0 Å². The lowest BCUT2D eigenvalue weighted by atomic mass is 10.1. The van der Waals surface area contributed by atoms with Gasteiger partial charge >= 0.3 is 5.97 Å². The van der Waals surface area contributed by atoms with E-state index in [-0.39, 0.29) is 0 Å². The molecule has 1 aromatic heterocycles. The lowest BCUT2D eigenvalue weighted by Gasteiger charge is -2.00. The number of carbonyl (C=O) groups excluding carboxylic acids is 1. The molecule has 1 aromatic rings. The number of esters is 1. The molecule has 0 spiro atoms. The van der Waals surface area contributed by atoms with Crippen molar-refractivity contribution < 1.29 is 13.9 Å². The van der Waals surface area contributed by atoms with Gasteiger partial charge in [0.1, 0.15) is 0 Å². The van der Waals surface area contributed by atoms with Crippen LogP contribution in [0.4, 0.5) is 4.39 Å². The maximum absolute atomic E-state index is 13.0. The van der Waals surface area contributed by atoms with Gasteiger partial charge in [0.25, 0.3) is 0 Å². The Hall–Kier alpha value is -1.71. The molecule has 15 heavy (non-hydrogen) atoms. The van der Waals surface area contributed by atoms with E-state index in [9.17, 15) is 9.18 Å². The molecule has 0 saturated heterocycles. The van der Waals surface area contributed by atoms with Crippen molar-refractivity contribution in [1.82, 2.24) is 4.98 Å². The average Bonchev–Trinajstić information content (AvgIpc) is 2.21. The van der Waals surface area contributed by atoms with E-state index in [1.54, 1.807) is 19.9 Å². The second kappa shape index (κ2) is 5.24. The molecule has 1 rings (SSSR count). The van der Waals surface area contributed by atoms with Crippen LogP contribution in [0.3, 0.4) is 0 Å². The van der Waals surface area contributed by atoms with Gasteiger partial charge in [-0.2, -0.15) is 4.39 Å². The molecule has 0 amide bonds. The Morgan fingerprint density at radius 3 is 3.07 bits per heavy atom. The summed E-state index contributed by atoms with van der Waals surface area (Å²) >= 11 is 0. The predicted octanol–water partition coefficient (Wildman–Crippen LogP) is 2.11.